The van der Waals surface area contributed by atoms with Crippen molar-refractivity contribution in [3.63, 3.8) is 0 Å². The second kappa shape index (κ2) is 7.49. The quantitative estimate of drug-likeness (QED) is 0.377. The molecule has 5 rings (SSSR count). The molecule has 146 valence electrons. The van der Waals surface area contributed by atoms with E-state index >= 15 is 0 Å². The summed E-state index contributed by atoms with van der Waals surface area (Å²) in [4.78, 5) is 15.8. The molecule has 2 heterocycles. The van der Waals surface area contributed by atoms with Crippen LogP contribution >= 0.6 is 15.9 Å². The number of halogens is 1. The molecule has 0 saturated carbocycles. The van der Waals surface area contributed by atoms with Crippen molar-refractivity contribution in [3.05, 3.63) is 71.8 Å². The maximum absolute atomic E-state index is 13.4. The Bertz CT molecular complexity index is 861. The van der Waals surface area contributed by atoms with E-state index < -0.39 is 5.41 Å². The molecule has 1 fully saturated rings. The smallest absolute Gasteiger partial charge is 0.321 e. The number of fused-ring (bicyclic) bond motifs is 5. The highest BCUT2D eigenvalue weighted by Gasteiger charge is 2.48. The van der Waals surface area contributed by atoms with Gasteiger partial charge in [0.2, 0.25) is 0 Å². The first kappa shape index (κ1) is 19.4. The zero-order valence-corrected chi connectivity index (χ0v) is 18.1. The van der Waals surface area contributed by atoms with Crippen LogP contribution in [0.15, 0.2) is 60.7 Å². The molecule has 0 N–H and O–H groups in total. The van der Waals surface area contributed by atoms with Gasteiger partial charge >= 0.3 is 5.97 Å². The molecule has 4 heteroatoms. The molecule has 2 aromatic carbocycles. The number of likely N-dealkylation sites (N-methyl/N-ethyl adjacent to an activating group) is 1. The molecule has 2 unspecified atom stereocenters. The van der Waals surface area contributed by atoms with Gasteiger partial charge < -0.3 is 4.74 Å². The fourth-order valence-electron chi connectivity index (χ4n) is 4.94. The molecule has 1 aliphatic carbocycles. The Balaban J connectivity index is 0.000000932. The summed E-state index contributed by atoms with van der Waals surface area (Å²) in [5.74, 6) is 1.69. The predicted octanol–water partition coefficient (Wildman–Crippen LogP) is 4.93. The summed E-state index contributed by atoms with van der Waals surface area (Å²) >= 11 is 2.94. The Labute approximate surface area is 175 Å². The minimum absolute atomic E-state index is 0.0135. The van der Waals surface area contributed by atoms with Crippen molar-refractivity contribution in [2.24, 2.45) is 0 Å². The summed E-state index contributed by atoms with van der Waals surface area (Å²) in [6.07, 6.45) is 6.25. The summed E-state index contributed by atoms with van der Waals surface area (Å²) < 4.78 is 6.12. The SMILES string of the molecule is CBr.CN1C2C=CC1CC(OC(=O)C1(C)c3ccccc3-c3ccccc31)C2. The third-order valence-corrected chi connectivity index (χ3v) is 6.51. The van der Waals surface area contributed by atoms with Crippen molar-refractivity contribution < 1.29 is 9.53 Å². The van der Waals surface area contributed by atoms with Gasteiger partial charge in [-0.1, -0.05) is 76.6 Å². The molecule has 2 atom stereocenters. The highest BCUT2D eigenvalue weighted by molar-refractivity contribution is 9.08. The zero-order chi connectivity index (χ0) is 19.9. The highest BCUT2D eigenvalue weighted by Crippen LogP contribution is 2.49. The number of carbonyl (C=O) groups excluding carboxylic acids is 1. The number of nitrogens with zero attached hydrogens (tertiary/aromatic N) is 1. The molecule has 0 aromatic heterocycles. The number of hydrogen-bond acceptors (Lipinski definition) is 3. The fourth-order valence-corrected chi connectivity index (χ4v) is 4.94. The number of benzene rings is 2. The van der Waals surface area contributed by atoms with Crippen LogP contribution < -0.4 is 0 Å². The average Bonchev–Trinajstić information content (AvgIpc) is 3.10. The Hall–Kier alpha value is -1.91. The van der Waals surface area contributed by atoms with Crippen molar-refractivity contribution in [2.75, 3.05) is 12.9 Å². The Morgan fingerprint density at radius 2 is 1.43 bits per heavy atom. The van der Waals surface area contributed by atoms with Crippen LogP contribution in [-0.2, 0) is 14.9 Å². The maximum atomic E-state index is 13.4. The van der Waals surface area contributed by atoms with Gasteiger partial charge in [-0.2, -0.15) is 0 Å². The summed E-state index contributed by atoms with van der Waals surface area (Å²) in [6, 6.07) is 17.2. The lowest BCUT2D eigenvalue weighted by Gasteiger charge is -2.37. The topological polar surface area (TPSA) is 29.5 Å². The van der Waals surface area contributed by atoms with Crippen LogP contribution in [0.2, 0.25) is 0 Å². The Kier molecular flexibility index (Phi) is 5.19. The van der Waals surface area contributed by atoms with Crippen LogP contribution in [0.1, 0.15) is 30.9 Å². The molecule has 3 aliphatic rings. The van der Waals surface area contributed by atoms with Crippen molar-refractivity contribution in [2.45, 2.75) is 43.4 Å². The van der Waals surface area contributed by atoms with Crippen LogP contribution in [-0.4, -0.2) is 41.9 Å². The number of piperidine rings is 1. The number of esters is 1. The zero-order valence-electron chi connectivity index (χ0n) is 16.6. The second-order valence-electron chi connectivity index (χ2n) is 7.90. The first-order valence-corrected chi connectivity index (χ1v) is 11.4. The fraction of sp³-hybridized carbons (Fsp3) is 0.375. The van der Waals surface area contributed by atoms with Gasteiger partial charge in [0, 0.05) is 24.9 Å². The van der Waals surface area contributed by atoms with Crippen molar-refractivity contribution in [3.8, 4) is 11.1 Å². The van der Waals surface area contributed by atoms with E-state index in [2.05, 4.69) is 64.3 Å². The lowest BCUT2D eigenvalue weighted by atomic mass is 9.80. The van der Waals surface area contributed by atoms with Crippen LogP contribution in [0.4, 0.5) is 0 Å². The van der Waals surface area contributed by atoms with Gasteiger partial charge in [0.15, 0.2) is 0 Å². The average molecular weight is 440 g/mol. The van der Waals surface area contributed by atoms with Gasteiger partial charge in [-0.15, -0.1) is 0 Å². The summed E-state index contributed by atoms with van der Waals surface area (Å²) in [7, 11) is 2.15. The molecule has 0 spiro atoms. The van der Waals surface area contributed by atoms with E-state index in [1.165, 1.54) is 0 Å². The predicted molar refractivity (Wildman–Crippen MR) is 117 cm³/mol. The molecular weight excluding hydrogens is 414 g/mol. The molecule has 0 radical (unpaired) electrons. The van der Waals surface area contributed by atoms with Gasteiger partial charge in [0.1, 0.15) is 11.5 Å². The van der Waals surface area contributed by atoms with Crippen LogP contribution in [0.5, 0.6) is 0 Å². The second-order valence-corrected chi connectivity index (χ2v) is 7.90. The molecule has 2 bridgehead atoms. The van der Waals surface area contributed by atoms with Crippen molar-refractivity contribution >= 4 is 21.9 Å². The first-order valence-electron chi connectivity index (χ1n) is 9.77. The Morgan fingerprint density at radius 1 is 0.964 bits per heavy atom. The maximum Gasteiger partial charge on any atom is 0.321 e. The monoisotopic (exact) mass is 439 g/mol. The van der Waals surface area contributed by atoms with Gasteiger partial charge in [-0.25, -0.2) is 0 Å². The van der Waals surface area contributed by atoms with E-state index in [0.29, 0.717) is 12.1 Å². The summed E-state index contributed by atoms with van der Waals surface area (Å²) in [5, 5.41) is 0. The highest BCUT2D eigenvalue weighted by atomic mass is 79.9. The van der Waals surface area contributed by atoms with E-state index in [1.807, 2.05) is 37.0 Å². The van der Waals surface area contributed by atoms with Gasteiger partial charge in [-0.3, -0.25) is 9.69 Å². The van der Waals surface area contributed by atoms with E-state index in [9.17, 15) is 4.79 Å². The van der Waals surface area contributed by atoms with Crippen molar-refractivity contribution in [1.29, 1.82) is 0 Å². The third kappa shape index (κ3) is 2.85. The van der Waals surface area contributed by atoms with E-state index in [0.717, 1.165) is 35.1 Å². The minimum Gasteiger partial charge on any atom is -0.461 e. The summed E-state index contributed by atoms with van der Waals surface area (Å²) in [5.41, 5.74) is 3.67. The standard InChI is InChI=1S/C23H23NO2.CH3Br/c1-23(22(25)26-17-13-15-11-12-16(14-17)24(15)2)20-9-5-3-7-18(20)19-8-4-6-10-21(19)23;1-2/h3-12,15-17H,13-14H2,1-2H3;1H3. The first-order chi connectivity index (χ1) is 13.6. The van der Waals surface area contributed by atoms with Crippen LogP contribution in [0, 0.1) is 0 Å². The number of rotatable bonds is 2. The number of carbonyl (C=O) groups is 1. The minimum atomic E-state index is -0.733. The Morgan fingerprint density at radius 3 is 1.93 bits per heavy atom. The number of ether oxygens (including phenoxy) is 1. The van der Waals surface area contributed by atoms with Gasteiger partial charge in [0.25, 0.3) is 0 Å². The molecule has 0 amide bonds. The molecule has 2 aliphatic heterocycles. The van der Waals surface area contributed by atoms with E-state index in [4.69, 9.17) is 4.74 Å². The number of hydrogen-bond donors (Lipinski definition) is 0. The lowest BCUT2D eigenvalue weighted by molar-refractivity contribution is -0.156. The lowest BCUT2D eigenvalue weighted by Crippen LogP contribution is -2.46. The molecule has 2 aromatic rings. The van der Waals surface area contributed by atoms with E-state index in [1.54, 1.807) is 0 Å². The normalized spacial score (nSPS) is 26.1. The van der Waals surface area contributed by atoms with Crippen LogP contribution in [0.3, 0.4) is 0 Å². The van der Waals surface area contributed by atoms with Gasteiger partial charge in [0.05, 0.1) is 0 Å². The molecule has 3 nitrogen and oxygen atoms in total. The van der Waals surface area contributed by atoms with Crippen LogP contribution in [0.25, 0.3) is 11.1 Å². The molecule has 1 saturated heterocycles. The van der Waals surface area contributed by atoms with Crippen molar-refractivity contribution in [1.82, 2.24) is 4.90 Å². The molecular formula is C24H26BrNO2. The van der Waals surface area contributed by atoms with Gasteiger partial charge in [-0.05, 0) is 42.1 Å². The largest absolute Gasteiger partial charge is 0.461 e. The number of alkyl halides is 1. The van der Waals surface area contributed by atoms with E-state index in [-0.39, 0.29) is 12.1 Å². The summed E-state index contributed by atoms with van der Waals surface area (Å²) in [6.45, 7) is 2.02. The molecule has 28 heavy (non-hydrogen) atoms. The third-order valence-electron chi connectivity index (χ3n) is 6.51.